The van der Waals surface area contributed by atoms with Crippen molar-refractivity contribution in [2.24, 2.45) is 17.6 Å². The monoisotopic (exact) mass is 250 g/mol. The van der Waals surface area contributed by atoms with Gasteiger partial charge in [0.2, 0.25) is 0 Å². The lowest BCUT2D eigenvalue weighted by Gasteiger charge is -2.42. The molecule has 2 rings (SSSR count). The van der Waals surface area contributed by atoms with Crippen LogP contribution in [0, 0.1) is 18.8 Å². The van der Waals surface area contributed by atoms with Crippen LogP contribution in [0.1, 0.15) is 26.1 Å². The van der Waals surface area contributed by atoms with E-state index in [9.17, 15) is 0 Å². The molecule has 0 aromatic carbocycles. The molecule has 3 unspecified atom stereocenters. The number of imidazole rings is 1. The number of aryl methyl sites for hydroxylation is 1. The van der Waals surface area contributed by atoms with E-state index in [1.807, 2.05) is 6.20 Å². The number of piperidine rings is 1. The topological polar surface area (TPSA) is 47.1 Å². The molecule has 102 valence electrons. The molecule has 0 saturated carbocycles. The van der Waals surface area contributed by atoms with E-state index in [-0.39, 0.29) is 0 Å². The Morgan fingerprint density at radius 3 is 2.78 bits per heavy atom. The minimum absolute atomic E-state index is 0.546. The minimum Gasteiger partial charge on any atom is -0.334 e. The summed E-state index contributed by atoms with van der Waals surface area (Å²) in [6.45, 7) is 10.8. The van der Waals surface area contributed by atoms with E-state index in [2.05, 4.69) is 41.4 Å². The highest BCUT2D eigenvalue weighted by atomic mass is 15.2. The lowest BCUT2D eigenvalue weighted by Crippen LogP contribution is -2.51. The first-order valence-corrected chi connectivity index (χ1v) is 7.03. The smallest absolute Gasteiger partial charge is 0.105 e. The van der Waals surface area contributed by atoms with Crippen LogP contribution in [0.25, 0.3) is 0 Å². The van der Waals surface area contributed by atoms with Crippen LogP contribution in [0.5, 0.6) is 0 Å². The summed E-state index contributed by atoms with van der Waals surface area (Å²) in [6.07, 6.45) is 5.24. The van der Waals surface area contributed by atoms with Crippen molar-refractivity contribution in [2.75, 3.05) is 19.6 Å². The highest BCUT2D eigenvalue weighted by Gasteiger charge is 2.30. The molecule has 4 nitrogen and oxygen atoms in total. The van der Waals surface area contributed by atoms with Crippen LogP contribution in [0.4, 0.5) is 0 Å². The van der Waals surface area contributed by atoms with Gasteiger partial charge in [0.05, 0.1) is 0 Å². The van der Waals surface area contributed by atoms with Crippen molar-refractivity contribution in [3.63, 3.8) is 0 Å². The van der Waals surface area contributed by atoms with Crippen LogP contribution in [0.15, 0.2) is 12.4 Å². The number of hydrogen-bond acceptors (Lipinski definition) is 3. The number of nitrogens with two attached hydrogens (primary N) is 1. The summed E-state index contributed by atoms with van der Waals surface area (Å²) in [4.78, 5) is 6.84. The van der Waals surface area contributed by atoms with Gasteiger partial charge in [-0.15, -0.1) is 0 Å². The van der Waals surface area contributed by atoms with Crippen molar-refractivity contribution in [2.45, 2.75) is 39.8 Å². The third-order valence-electron chi connectivity index (χ3n) is 4.24. The van der Waals surface area contributed by atoms with Crippen LogP contribution in [-0.2, 0) is 6.54 Å². The van der Waals surface area contributed by atoms with Gasteiger partial charge < -0.3 is 10.3 Å². The van der Waals surface area contributed by atoms with Crippen LogP contribution < -0.4 is 5.73 Å². The predicted octanol–water partition coefficient (Wildman–Crippen LogP) is 1.50. The second-order valence-corrected chi connectivity index (χ2v) is 5.78. The third-order valence-corrected chi connectivity index (χ3v) is 4.24. The summed E-state index contributed by atoms with van der Waals surface area (Å²) < 4.78 is 2.22. The van der Waals surface area contributed by atoms with Crippen molar-refractivity contribution in [1.29, 1.82) is 0 Å². The Bertz CT molecular complexity index is 374. The Morgan fingerprint density at radius 2 is 2.17 bits per heavy atom. The molecule has 1 saturated heterocycles. The third kappa shape index (κ3) is 2.93. The quantitative estimate of drug-likeness (QED) is 0.881. The molecule has 3 atom stereocenters. The Labute approximate surface area is 110 Å². The van der Waals surface area contributed by atoms with Gasteiger partial charge >= 0.3 is 0 Å². The molecule has 1 aliphatic heterocycles. The molecule has 18 heavy (non-hydrogen) atoms. The summed E-state index contributed by atoms with van der Waals surface area (Å²) in [5, 5.41) is 0. The van der Waals surface area contributed by atoms with E-state index >= 15 is 0 Å². The first-order chi connectivity index (χ1) is 8.61. The summed E-state index contributed by atoms with van der Waals surface area (Å²) >= 11 is 0. The number of aromatic nitrogens is 2. The predicted molar refractivity (Wildman–Crippen MR) is 74.3 cm³/mol. The molecule has 0 radical (unpaired) electrons. The van der Waals surface area contributed by atoms with Gasteiger partial charge in [0.25, 0.3) is 0 Å². The molecule has 1 aromatic rings. The number of rotatable bonds is 4. The van der Waals surface area contributed by atoms with Gasteiger partial charge in [-0.3, -0.25) is 4.90 Å². The molecule has 0 spiro atoms. The Hall–Kier alpha value is -0.870. The van der Waals surface area contributed by atoms with E-state index in [1.165, 1.54) is 13.0 Å². The van der Waals surface area contributed by atoms with Crippen molar-refractivity contribution < 1.29 is 0 Å². The van der Waals surface area contributed by atoms with E-state index in [0.717, 1.165) is 31.4 Å². The molecule has 0 bridgehead atoms. The van der Waals surface area contributed by atoms with E-state index in [0.29, 0.717) is 12.0 Å². The second-order valence-electron chi connectivity index (χ2n) is 5.78. The van der Waals surface area contributed by atoms with Crippen molar-refractivity contribution in [1.82, 2.24) is 14.5 Å². The molecule has 1 fully saturated rings. The van der Waals surface area contributed by atoms with Gasteiger partial charge in [-0.05, 0) is 25.2 Å². The normalized spacial score (nSPS) is 29.7. The van der Waals surface area contributed by atoms with E-state index in [1.54, 1.807) is 0 Å². The summed E-state index contributed by atoms with van der Waals surface area (Å²) in [5.41, 5.74) is 5.95. The maximum Gasteiger partial charge on any atom is 0.105 e. The molecule has 1 aliphatic rings. The molecule has 2 heterocycles. The molecule has 4 heteroatoms. The van der Waals surface area contributed by atoms with Crippen molar-refractivity contribution in [3.8, 4) is 0 Å². The number of likely N-dealkylation sites (tertiary alicyclic amines) is 1. The van der Waals surface area contributed by atoms with Gasteiger partial charge in [-0.25, -0.2) is 4.98 Å². The second kappa shape index (κ2) is 5.85. The average molecular weight is 250 g/mol. The first-order valence-electron chi connectivity index (χ1n) is 7.03. The largest absolute Gasteiger partial charge is 0.334 e. The highest BCUT2D eigenvalue weighted by molar-refractivity contribution is 4.90. The van der Waals surface area contributed by atoms with E-state index < -0.39 is 0 Å². The molecule has 0 aliphatic carbocycles. The molecule has 2 N–H and O–H groups in total. The van der Waals surface area contributed by atoms with Crippen LogP contribution in [0.3, 0.4) is 0 Å². The summed E-state index contributed by atoms with van der Waals surface area (Å²) in [5.74, 6) is 2.59. The molecule has 1 aromatic heterocycles. The van der Waals surface area contributed by atoms with Gasteiger partial charge in [0, 0.05) is 44.6 Å². The fraction of sp³-hybridized carbons (Fsp3) is 0.786. The highest BCUT2D eigenvalue weighted by Crippen LogP contribution is 2.26. The lowest BCUT2D eigenvalue weighted by molar-refractivity contribution is 0.0703. The average Bonchev–Trinajstić information content (AvgIpc) is 2.71. The van der Waals surface area contributed by atoms with Crippen LogP contribution in [-0.4, -0.2) is 40.1 Å². The Morgan fingerprint density at radius 1 is 1.39 bits per heavy atom. The summed E-state index contributed by atoms with van der Waals surface area (Å²) in [7, 11) is 0. The molecule has 0 amide bonds. The standard InChI is InChI=1S/C14H26N4/c1-11-8-12(2)14(9-15)18(10-11)7-6-17-5-4-16-13(17)3/h4-5,11-12,14H,6-10,15H2,1-3H3. The van der Waals surface area contributed by atoms with Crippen molar-refractivity contribution in [3.05, 3.63) is 18.2 Å². The van der Waals surface area contributed by atoms with Gasteiger partial charge in [0.15, 0.2) is 0 Å². The van der Waals surface area contributed by atoms with E-state index in [4.69, 9.17) is 5.73 Å². The summed E-state index contributed by atoms with van der Waals surface area (Å²) in [6, 6.07) is 0.546. The van der Waals surface area contributed by atoms with Gasteiger partial charge in [-0.1, -0.05) is 13.8 Å². The zero-order chi connectivity index (χ0) is 13.1. The SMILES string of the molecule is Cc1nccn1CCN1CC(C)CC(C)C1CN. The minimum atomic E-state index is 0.546. The number of hydrogen-bond donors (Lipinski definition) is 1. The van der Waals surface area contributed by atoms with Crippen molar-refractivity contribution >= 4 is 0 Å². The molecular weight excluding hydrogens is 224 g/mol. The maximum absolute atomic E-state index is 5.95. The molecular formula is C14H26N4. The van der Waals surface area contributed by atoms with Crippen LogP contribution in [0.2, 0.25) is 0 Å². The Kier molecular flexibility index (Phi) is 4.40. The van der Waals surface area contributed by atoms with Gasteiger partial charge in [-0.2, -0.15) is 0 Å². The zero-order valence-electron chi connectivity index (χ0n) is 11.8. The Balaban J connectivity index is 1.95. The van der Waals surface area contributed by atoms with Gasteiger partial charge in [0.1, 0.15) is 5.82 Å². The number of nitrogens with zero attached hydrogens (tertiary/aromatic N) is 3. The lowest BCUT2D eigenvalue weighted by atomic mass is 9.85. The maximum atomic E-state index is 5.95. The fourth-order valence-corrected chi connectivity index (χ4v) is 3.28. The van der Waals surface area contributed by atoms with Crippen LogP contribution >= 0.6 is 0 Å². The zero-order valence-corrected chi connectivity index (χ0v) is 11.8. The first kappa shape index (κ1) is 13.6. The fourth-order valence-electron chi connectivity index (χ4n) is 3.28.